The van der Waals surface area contributed by atoms with Crippen molar-refractivity contribution in [2.45, 2.75) is 39.3 Å². The number of benzene rings is 2. The maximum atomic E-state index is 12.3. The first-order chi connectivity index (χ1) is 22.0. The first-order valence-corrected chi connectivity index (χ1v) is 15.6. The maximum Gasteiger partial charge on any atom is 0.337 e. The zero-order chi connectivity index (χ0) is 30.7. The molecule has 0 saturated carbocycles. The minimum atomic E-state index is -0.298. The number of esters is 1. The first-order valence-electron chi connectivity index (χ1n) is 15.6. The lowest BCUT2D eigenvalue weighted by molar-refractivity contribution is -0.138. The summed E-state index contributed by atoms with van der Waals surface area (Å²) >= 11 is 0. The van der Waals surface area contributed by atoms with Crippen LogP contribution in [0.4, 0.5) is 0 Å². The molecule has 3 atom stereocenters. The van der Waals surface area contributed by atoms with Crippen LogP contribution >= 0.6 is 0 Å². The van der Waals surface area contributed by atoms with Gasteiger partial charge in [-0.15, -0.1) is 0 Å². The number of nitrogens with zero attached hydrogens (tertiary/aromatic N) is 4. The van der Waals surface area contributed by atoms with Crippen LogP contribution in [-0.4, -0.2) is 38.1 Å². The van der Waals surface area contributed by atoms with Crippen molar-refractivity contribution < 1.29 is 14.3 Å². The lowest BCUT2D eigenvalue weighted by Gasteiger charge is -2.41. The van der Waals surface area contributed by atoms with Crippen molar-refractivity contribution in [2.24, 2.45) is 11.8 Å². The van der Waals surface area contributed by atoms with E-state index in [-0.39, 0.29) is 23.9 Å². The Balaban J connectivity index is 0.000000140. The zero-order valence-electron chi connectivity index (χ0n) is 25.6. The molecule has 6 aliphatic rings. The van der Waals surface area contributed by atoms with Gasteiger partial charge in [0, 0.05) is 64.6 Å². The van der Waals surface area contributed by atoms with E-state index in [1.807, 2.05) is 24.3 Å². The molecular weight excluding hydrogens is 560 g/mol. The van der Waals surface area contributed by atoms with Gasteiger partial charge in [-0.1, -0.05) is 49.4 Å². The van der Waals surface area contributed by atoms with Gasteiger partial charge in [-0.05, 0) is 55.7 Å². The largest absolute Gasteiger partial charge is 0.497 e. The molecule has 7 heterocycles. The molecule has 224 valence electrons. The Morgan fingerprint density at radius 2 is 1.60 bits per heavy atom. The summed E-state index contributed by atoms with van der Waals surface area (Å²) in [4.78, 5) is 21.9. The summed E-state index contributed by atoms with van der Waals surface area (Å²) < 4.78 is 15.2. The van der Waals surface area contributed by atoms with E-state index in [1.54, 1.807) is 6.26 Å². The molecule has 0 aliphatic carbocycles. The Morgan fingerprint density at radius 1 is 0.911 bits per heavy atom. The quantitative estimate of drug-likeness (QED) is 0.193. The standard InChI is InChI=1S/C21H20N2O3.C17H14N2/c1-12-16-10-23-8-7-14-13-5-3-4-6-18(13)22-20(14)19(23)9-15(16)17(11-26-12)21(24)25-2;1-2-12-7-8-16-17-14(9-10-19(16)11-12)13-5-3-4-6-15(13)18-17/h3-8,11-12,15-16H,9-10H2,1-2H3;3-11H,2H2,1H3/t12-,15-,16-;/m0./s1. The van der Waals surface area contributed by atoms with Crippen LogP contribution in [0.3, 0.4) is 0 Å². The predicted octanol–water partition coefficient (Wildman–Crippen LogP) is 7.56. The van der Waals surface area contributed by atoms with E-state index in [2.05, 4.69) is 89.9 Å². The van der Waals surface area contributed by atoms with E-state index < -0.39 is 0 Å². The van der Waals surface area contributed by atoms with Crippen LogP contribution < -0.4 is 0 Å². The number of methoxy groups -OCH3 is 1. The van der Waals surface area contributed by atoms with Crippen molar-refractivity contribution in [3.63, 3.8) is 0 Å². The molecule has 0 saturated heterocycles. The Morgan fingerprint density at radius 3 is 2.33 bits per heavy atom. The molecule has 0 spiro atoms. The number of carbonyl (C=O) groups is 1. The fraction of sp³-hybridized carbons (Fsp3) is 0.237. The minimum Gasteiger partial charge on any atom is -0.497 e. The molecule has 3 aromatic rings. The summed E-state index contributed by atoms with van der Waals surface area (Å²) in [7, 11) is 1.42. The van der Waals surface area contributed by atoms with E-state index >= 15 is 0 Å². The van der Waals surface area contributed by atoms with Crippen LogP contribution in [0.15, 0.2) is 103 Å². The Labute approximate surface area is 261 Å². The smallest absolute Gasteiger partial charge is 0.337 e. The average molecular weight is 595 g/mol. The molecule has 0 fully saturated rings. The summed E-state index contributed by atoms with van der Waals surface area (Å²) in [5.41, 5.74) is 11.0. The van der Waals surface area contributed by atoms with Crippen LogP contribution in [0.1, 0.15) is 25.1 Å². The van der Waals surface area contributed by atoms with E-state index in [0.717, 1.165) is 41.8 Å². The Bertz CT molecular complexity index is 2190. The number of carbonyl (C=O) groups excluding carboxylic acids is 1. The van der Waals surface area contributed by atoms with Gasteiger partial charge in [0.05, 0.1) is 46.9 Å². The SMILES string of the molecule is CCc1ccc2c3nc4ccccc4c-3ccn2c1.COC(=O)C1=CO[C@@H](C)[C@@H]2Cn3ccc4c5ccccc5nc-4c3C[C@H]12. The summed E-state index contributed by atoms with van der Waals surface area (Å²) in [6.45, 7) is 5.06. The second kappa shape index (κ2) is 10.8. The molecule has 2 aromatic carbocycles. The van der Waals surface area contributed by atoms with Crippen LogP contribution in [0.2, 0.25) is 0 Å². The maximum absolute atomic E-state index is 12.3. The molecule has 0 amide bonds. The van der Waals surface area contributed by atoms with Crippen molar-refractivity contribution in [3.8, 4) is 22.5 Å². The fourth-order valence-electron chi connectivity index (χ4n) is 7.21. The van der Waals surface area contributed by atoms with E-state index in [9.17, 15) is 4.79 Å². The summed E-state index contributed by atoms with van der Waals surface area (Å²) in [5.74, 6) is 0.0400. The van der Waals surface area contributed by atoms with Crippen molar-refractivity contribution in [3.05, 3.63) is 114 Å². The molecule has 0 bridgehead atoms. The second-order valence-corrected chi connectivity index (χ2v) is 12.1. The molecular formula is C38H34N4O3. The van der Waals surface area contributed by atoms with Crippen molar-refractivity contribution in [1.82, 2.24) is 18.9 Å². The fourth-order valence-corrected chi connectivity index (χ4v) is 7.21. The number of para-hydroxylation sites is 2. The van der Waals surface area contributed by atoms with E-state index in [0.29, 0.717) is 5.57 Å². The van der Waals surface area contributed by atoms with Gasteiger partial charge in [0.1, 0.15) is 6.10 Å². The number of aromatic nitrogens is 4. The van der Waals surface area contributed by atoms with Crippen molar-refractivity contribution in [2.75, 3.05) is 7.11 Å². The third-order valence-corrected chi connectivity index (χ3v) is 9.67. The van der Waals surface area contributed by atoms with Gasteiger partial charge in [-0.25, -0.2) is 14.8 Å². The Hall–Kier alpha value is -5.17. The molecule has 7 nitrogen and oxygen atoms in total. The molecule has 0 N–H and O–H groups in total. The van der Waals surface area contributed by atoms with Gasteiger partial charge >= 0.3 is 5.97 Å². The molecule has 9 rings (SSSR count). The summed E-state index contributed by atoms with van der Waals surface area (Å²) in [5, 5.41) is 2.41. The number of aryl methyl sites for hydroxylation is 1. The third kappa shape index (κ3) is 4.45. The van der Waals surface area contributed by atoms with Gasteiger partial charge in [0.2, 0.25) is 0 Å². The van der Waals surface area contributed by atoms with Crippen LogP contribution in [0.5, 0.6) is 0 Å². The van der Waals surface area contributed by atoms with Gasteiger partial charge in [-0.3, -0.25) is 0 Å². The second-order valence-electron chi connectivity index (χ2n) is 12.1. The topological polar surface area (TPSA) is 70.7 Å². The number of hydrogen-bond donors (Lipinski definition) is 0. The van der Waals surface area contributed by atoms with Crippen molar-refractivity contribution in [1.29, 1.82) is 0 Å². The third-order valence-electron chi connectivity index (χ3n) is 9.67. The highest BCUT2D eigenvalue weighted by molar-refractivity contribution is 6.01. The summed E-state index contributed by atoms with van der Waals surface area (Å²) in [6.07, 6.45) is 9.94. The lowest BCUT2D eigenvalue weighted by atomic mass is 9.75. The first kappa shape index (κ1) is 27.4. The monoisotopic (exact) mass is 594 g/mol. The van der Waals surface area contributed by atoms with Gasteiger partial charge in [-0.2, -0.15) is 0 Å². The molecule has 6 aliphatic heterocycles. The predicted molar refractivity (Wildman–Crippen MR) is 176 cm³/mol. The molecule has 7 heteroatoms. The van der Waals surface area contributed by atoms with Crippen molar-refractivity contribution >= 4 is 33.3 Å². The highest BCUT2D eigenvalue weighted by Gasteiger charge is 2.42. The van der Waals surface area contributed by atoms with Gasteiger partial charge in [0.25, 0.3) is 0 Å². The van der Waals surface area contributed by atoms with E-state index in [1.165, 1.54) is 45.8 Å². The zero-order valence-corrected chi connectivity index (χ0v) is 25.6. The van der Waals surface area contributed by atoms with Crippen LogP contribution in [0, 0.1) is 11.8 Å². The average Bonchev–Trinajstić information content (AvgIpc) is 3.66. The normalized spacial score (nSPS) is 19.1. The molecule has 0 unspecified atom stereocenters. The molecule has 45 heavy (non-hydrogen) atoms. The molecule has 1 aromatic heterocycles. The highest BCUT2D eigenvalue weighted by atomic mass is 16.5. The lowest BCUT2D eigenvalue weighted by Crippen LogP contribution is -2.42. The summed E-state index contributed by atoms with van der Waals surface area (Å²) in [6, 6.07) is 25.2. The van der Waals surface area contributed by atoms with E-state index in [4.69, 9.17) is 19.4 Å². The number of fused-ring (bicyclic) bond motifs is 11. The number of ether oxygens (including phenoxy) is 2. The van der Waals surface area contributed by atoms with Crippen LogP contribution in [-0.2, 0) is 33.7 Å². The van der Waals surface area contributed by atoms with Crippen LogP contribution in [0.25, 0.3) is 49.8 Å². The highest BCUT2D eigenvalue weighted by Crippen LogP contribution is 2.43. The molecule has 0 radical (unpaired) electrons. The number of pyridine rings is 3. The van der Waals surface area contributed by atoms with Gasteiger partial charge < -0.3 is 18.4 Å². The number of rotatable bonds is 2. The van der Waals surface area contributed by atoms with Gasteiger partial charge in [0.15, 0.2) is 0 Å². The number of hydrogen-bond acceptors (Lipinski definition) is 5. The minimum absolute atomic E-state index is 0.0662. The Kier molecular flexibility index (Phi) is 6.55.